The van der Waals surface area contributed by atoms with Gasteiger partial charge in [-0.3, -0.25) is 0 Å². The fourth-order valence-electron chi connectivity index (χ4n) is 4.85. The van der Waals surface area contributed by atoms with E-state index in [0.29, 0.717) is 0 Å². The number of hydrogen-bond acceptors (Lipinski definition) is 2. The second-order valence-corrected chi connectivity index (χ2v) is 6.48. The highest BCUT2D eigenvalue weighted by Gasteiger charge is 2.64. The van der Waals surface area contributed by atoms with Gasteiger partial charge < -0.3 is 10.1 Å². The SMILES string of the molecule is C1CC(CNC2C3C4CCC(C4)C23)CCO1. The van der Waals surface area contributed by atoms with Crippen molar-refractivity contribution in [1.82, 2.24) is 5.32 Å². The van der Waals surface area contributed by atoms with E-state index < -0.39 is 0 Å². The first-order chi connectivity index (χ1) is 7.93. The average Bonchev–Trinajstić information content (AvgIpc) is 2.72. The quantitative estimate of drug-likeness (QED) is 0.787. The van der Waals surface area contributed by atoms with Crippen molar-refractivity contribution in [2.45, 2.75) is 38.1 Å². The van der Waals surface area contributed by atoms with Gasteiger partial charge in [0.1, 0.15) is 0 Å². The lowest BCUT2D eigenvalue weighted by atomic mass is 10.00. The fourth-order valence-corrected chi connectivity index (χ4v) is 4.85. The summed E-state index contributed by atoms with van der Waals surface area (Å²) in [7, 11) is 0. The lowest BCUT2D eigenvalue weighted by Crippen LogP contribution is -2.31. The Hall–Kier alpha value is -0.0800. The van der Waals surface area contributed by atoms with Gasteiger partial charge in [-0.2, -0.15) is 0 Å². The van der Waals surface area contributed by atoms with Crippen LogP contribution >= 0.6 is 0 Å². The average molecular weight is 221 g/mol. The summed E-state index contributed by atoms with van der Waals surface area (Å²) in [4.78, 5) is 0. The predicted molar refractivity (Wildman–Crippen MR) is 63.1 cm³/mol. The molecule has 2 bridgehead atoms. The van der Waals surface area contributed by atoms with Gasteiger partial charge in [-0.15, -0.1) is 0 Å². The Kier molecular flexibility index (Phi) is 2.29. The molecule has 0 aromatic rings. The summed E-state index contributed by atoms with van der Waals surface area (Å²) in [5.74, 6) is 5.31. The Morgan fingerprint density at radius 1 is 0.938 bits per heavy atom. The third-order valence-electron chi connectivity index (χ3n) is 5.72. The van der Waals surface area contributed by atoms with E-state index in [1.165, 1.54) is 19.4 Å². The zero-order valence-electron chi connectivity index (χ0n) is 10.0. The summed E-state index contributed by atoms with van der Waals surface area (Å²) >= 11 is 0. The number of fused-ring (bicyclic) bond motifs is 5. The van der Waals surface area contributed by atoms with Gasteiger partial charge in [-0.25, -0.2) is 0 Å². The highest BCUT2D eigenvalue weighted by atomic mass is 16.5. The highest BCUT2D eigenvalue weighted by Crippen LogP contribution is 2.65. The molecule has 0 spiro atoms. The Bertz CT molecular complexity index is 258. The largest absolute Gasteiger partial charge is 0.381 e. The van der Waals surface area contributed by atoms with Crippen LogP contribution in [0.25, 0.3) is 0 Å². The molecule has 2 heteroatoms. The normalized spacial score (nSPS) is 50.6. The molecule has 3 saturated carbocycles. The van der Waals surface area contributed by atoms with Crippen molar-refractivity contribution in [1.29, 1.82) is 0 Å². The predicted octanol–water partition coefficient (Wildman–Crippen LogP) is 2.05. The number of nitrogens with one attached hydrogen (secondary N) is 1. The van der Waals surface area contributed by atoms with Crippen LogP contribution < -0.4 is 5.32 Å². The Morgan fingerprint density at radius 3 is 2.31 bits per heavy atom. The molecule has 1 saturated heterocycles. The van der Waals surface area contributed by atoms with Crippen LogP contribution in [0, 0.1) is 29.6 Å². The molecule has 0 aromatic carbocycles. The fraction of sp³-hybridized carbons (Fsp3) is 1.00. The molecule has 0 amide bonds. The van der Waals surface area contributed by atoms with E-state index in [1.54, 1.807) is 19.3 Å². The van der Waals surface area contributed by atoms with Gasteiger partial charge in [0, 0.05) is 19.3 Å². The van der Waals surface area contributed by atoms with Crippen molar-refractivity contribution >= 4 is 0 Å². The minimum absolute atomic E-state index is 0.896. The van der Waals surface area contributed by atoms with Crippen molar-refractivity contribution in [3.05, 3.63) is 0 Å². The van der Waals surface area contributed by atoms with E-state index in [0.717, 1.165) is 48.8 Å². The summed E-state index contributed by atoms with van der Waals surface area (Å²) in [6, 6.07) is 0.925. The summed E-state index contributed by atoms with van der Waals surface area (Å²) in [6.07, 6.45) is 7.22. The lowest BCUT2D eigenvalue weighted by Gasteiger charge is -2.23. The molecule has 2 nitrogen and oxygen atoms in total. The van der Waals surface area contributed by atoms with E-state index >= 15 is 0 Å². The summed E-state index contributed by atoms with van der Waals surface area (Å²) in [5.41, 5.74) is 0. The zero-order valence-corrected chi connectivity index (χ0v) is 10.0. The molecule has 4 atom stereocenters. The van der Waals surface area contributed by atoms with E-state index in [9.17, 15) is 0 Å². The number of hydrogen-bond donors (Lipinski definition) is 1. The van der Waals surface area contributed by atoms with Gasteiger partial charge in [0.05, 0.1) is 0 Å². The van der Waals surface area contributed by atoms with Crippen LogP contribution in [0.1, 0.15) is 32.1 Å². The number of ether oxygens (including phenoxy) is 1. The molecular formula is C14H23NO. The Morgan fingerprint density at radius 2 is 1.62 bits per heavy atom. The van der Waals surface area contributed by atoms with Crippen LogP contribution in [-0.4, -0.2) is 25.8 Å². The summed E-state index contributed by atoms with van der Waals surface area (Å²) < 4.78 is 5.41. The first-order valence-corrected chi connectivity index (χ1v) is 7.24. The van der Waals surface area contributed by atoms with Gasteiger partial charge in [0.25, 0.3) is 0 Å². The van der Waals surface area contributed by atoms with Crippen LogP contribution in [0.3, 0.4) is 0 Å². The van der Waals surface area contributed by atoms with Crippen molar-refractivity contribution in [3.8, 4) is 0 Å². The topological polar surface area (TPSA) is 21.3 Å². The van der Waals surface area contributed by atoms with Crippen LogP contribution in [0.4, 0.5) is 0 Å². The van der Waals surface area contributed by atoms with Crippen LogP contribution in [0.5, 0.6) is 0 Å². The first kappa shape index (κ1) is 9.90. The second-order valence-electron chi connectivity index (χ2n) is 6.48. The molecule has 16 heavy (non-hydrogen) atoms. The molecule has 1 heterocycles. The van der Waals surface area contributed by atoms with Crippen molar-refractivity contribution in [3.63, 3.8) is 0 Å². The van der Waals surface area contributed by atoms with Crippen LogP contribution in [-0.2, 0) is 4.74 Å². The van der Waals surface area contributed by atoms with Crippen molar-refractivity contribution in [2.24, 2.45) is 29.6 Å². The molecule has 1 aliphatic heterocycles. The molecule has 4 unspecified atom stereocenters. The van der Waals surface area contributed by atoms with E-state index in [4.69, 9.17) is 4.74 Å². The zero-order chi connectivity index (χ0) is 10.5. The lowest BCUT2D eigenvalue weighted by molar-refractivity contribution is 0.0659. The summed E-state index contributed by atoms with van der Waals surface area (Å²) in [5, 5.41) is 3.87. The standard InChI is InChI=1S/C14H23NO/c1-2-11-7-10(1)12-13(11)14(12)15-8-9-3-5-16-6-4-9/h9-15H,1-8H2. The first-order valence-electron chi connectivity index (χ1n) is 7.24. The van der Waals surface area contributed by atoms with Gasteiger partial charge >= 0.3 is 0 Å². The van der Waals surface area contributed by atoms with Crippen molar-refractivity contribution < 1.29 is 4.74 Å². The molecule has 1 N–H and O–H groups in total. The molecule has 3 aliphatic carbocycles. The van der Waals surface area contributed by atoms with Gasteiger partial charge in [0.2, 0.25) is 0 Å². The monoisotopic (exact) mass is 221 g/mol. The van der Waals surface area contributed by atoms with E-state index in [2.05, 4.69) is 5.32 Å². The molecule has 4 fully saturated rings. The maximum absolute atomic E-state index is 5.41. The van der Waals surface area contributed by atoms with Gasteiger partial charge in [-0.1, -0.05) is 0 Å². The Labute approximate surface area is 98.1 Å². The molecule has 4 rings (SSSR count). The third kappa shape index (κ3) is 1.46. The van der Waals surface area contributed by atoms with Gasteiger partial charge in [0.15, 0.2) is 0 Å². The molecular weight excluding hydrogens is 198 g/mol. The smallest absolute Gasteiger partial charge is 0.0469 e. The maximum atomic E-state index is 5.41. The minimum atomic E-state index is 0.896. The Balaban J connectivity index is 1.28. The minimum Gasteiger partial charge on any atom is -0.381 e. The maximum Gasteiger partial charge on any atom is 0.0469 e. The summed E-state index contributed by atoms with van der Waals surface area (Å²) in [6.45, 7) is 3.25. The molecule has 4 aliphatic rings. The third-order valence-corrected chi connectivity index (χ3v) is 5.72. The van der Waals surface area contributed by atoms with Crippen molar-refractivity contribution in [2.75, 3.05) is 19.8 Å². The number of rotatable bonds is 3. The highest BCUT2D eigenvalue weighted by molar-refractivity contribution is 5.16. The van der Waals surface area contributed by atoms with E-state index in [-0.39, 0.29) is 0 Å². The second kappa shape index (κ2) is 3.71. The van der Waals surface area contributed by atoms with Crippen LogP contribution in [0.2, 0.25) is 0 Å². The molecule has 90 valence electrons. The van der Waals surface area contributed by atoms with Crippen LogP contribution in [0.15, 0.2) is 0 Å². The van der Waals surface area contributed by atoms with E-state index in [1.807, 2.05) is 0 Å². The molecule has 0 radical (unpaired) electrons. The van der Waals surface area contributed by atoms with Gasteiger partial charge in [-0.05, 0) is 68.2 Å². The molecule has 0 aromatic heterocycles.